The second-order valence-corrected chi connectivity index (χ2v) is 16.5. The molecule has 6 heteroatoms. The van der Waals surface area contributed by atoms with Crippen molar-refractivity contribution in [1.29, 1.82) is 0 Å². The van der Waals surface area contributed by atoms with Gasteiger partial charge in [0.25, 0.3) is 6.33 Å². The number of furan rings is 1. The van der Waals surface area contributed by atoms with Crippen LogP contribution in [0.1, 0.15) is 37.5 Å². The van der Waals surface area contributed by atoms with E-state index in [4.69, 9.17) is 9.40 Å². The van der Waals surface area contributed by atoms with Gasteiger partial charge in [0.1, 0.15) is 11.4 Å². The van der Waals surface area contributed by atoms with Gasteiger partial charge in [-0.15, -0.1) is 5.39 Å². The van der Waals surface area contributed by atoms with Crippen molar-refractivity contribution in [3.8, 4) is 39.4 Å². The molecule has 0 aliphatic rings. The summed E-state index contributed by atoms with van der Waals surface area (Å²) in [7, 11) is 0. The summed E-state index contributed by atoms with van der Waals surface area (Å²) in [6.45, 7) is 6.86. The Balaban J connectivity index is 0.00000445. The SMILES string of the molecule is CC(C)(C)c1ccccc1-c1cccc(-c2ccccc2)c1-[n+]1[c-]n(-c2[c-]c(Cc3[c-]c4c(cc3)c3ccccc3n4-c3cc4occc4cn3)ccc2)c2ccccc21.[Pt]. The topological polar surface area (TPSA) is 39.8 Å². The molecule has 0 aliphatic heterocycles. The first-order chi connectivity index (χ1) is 29.4. The van der Waals surface area contributed by atoms with Crippen LogP contribution in [0.4, 0.5) is 0 Å². The van der Waals surface area contributed by atoms with Gasteiger partial charge in [-0.2, -0.15) is 53.6 Å². The molecule has 0 spiro atoms. The third kappa shape index (κ3) is 6.70. The van der Waals surface area contributed by atoms with Gasteiger partial charge in [0.05, 0.1) is 23.0 Å². The predicted octanol–water partition coefficient (Wildman–Crippen LogP) is 12.8. The number of pyridine rings is 1. The number of hydrogen-bond donors (Lipinski definition) is 0. The summed E-state index contributed by atoms with van der Waals surface area (Å²) in [5, 5.41) is 3.27. The minimum absolute atomic E-state index is 0. The van der Waals surface area contributed by atoms with Crippen molar-refractivity contribution >= 4 is 43.8 Å². The van der Waals surface area contributed by atoms with Crippen molar-refractivity contribution in [1.82, 2.24) is 14.1 Å². The minimum Gasteiger partial charge on any atom is -0.464 e. The summed E-state index contributed by atoms with van der Waals surface area (Å²) in [5.74, 6) is 0.799. The van der Waals surface area contributed by atoms with Gasteiger partial charge in [0.15, 0.2) is 0 Å². The van der Waals surface area contributed by atoms with Gasteiger partial charge in [-0.1, -0.05) is 142 Å². The first-order valence-corrected chi connectivity index (χ1v) is 20.4. The van der Waals surface area contributed by atoms with E-state index in [1.165, 1.54) is 11.1 Å². The van der Waals surface area contributed by atoms with E-state index >= 15 is 0 Å². The fraction of sp³-hybridized carbons (Fsp3) is 0.0909. The van der Waals surface area contributed by atoms with Gasteiger partial charge in [-0.3, -0.25) is 4.57 Å². The summed E-state index contributed by atoms with van der Waals surface area (Å²) >= 11 is 0. The number of benzene rings is 7. The van der Waals surface area contributed by atoms with Crippen LogP contribution < -0.4 is 4.57 Å². The maximum absolute atomic E-state index is 5.78. The zero-order valence-electron chi connectivity index (χ0n) is 34.0. The molecule has 11 rings (SSSR count). The third-order valence-corrected chi connectivity index (χ3v) is 11.6. The van der Waals surface area contributed by atoms with Gasteiger partial charge < -0.3 is 13.6 Å². The number of imidazole rings is 1. The van der Waals surface area contributed by atoms with E-state index in [9.17, 15) is 0 Å². The Bertz CT molecular complexity index is 3400. The molecule has 7 aromatic carbocycles. The molecule has 0 aliphatic carbocycles. The maximum atomic E-state index is 5.78. The molecule has 0 fully saturated rings. The first-order valence-electron chi connectivity index (χ1n) is 20.4. The smallest absolute Gasteiger partial charge is 0.268 e. The number of fused-ring (bicyclic) bond motifs is 5. The van der Waals surface area contributed by atoms with Crippen molar-refractivity contribution in [3.05, 3.63) is 211 Å². The number of nitrogens with zero attached hydrogens (tertiary/aromatic N) is 4. The molecule has 11 aromatic rings. The largest absolute Gasteiger partial charge is 0.464 e. The van der Waals surface area contributed by atoms with E-state index in [1.54, 1.807) is 6.26 Å². The minimum atomic E-state index is -0.0575. The molecule has 0 saturated carbocycles. The van der Waals surface area contributed by atoms with E-state index in [1.807, 2.05) is 18.3 Å². The fourth-order valence-corrected chi connectivity index (χ4v) is 8.81. The van der Waals surface area contributed by atoms with E-state index < -0.39 is 0 Å². The molecular weight excluding hydrogens is 928 g/mol. The average molecular weight is 968 g/mol. The third-order valence-electron chi connectivity index (χ3n) is 11.6. The Labute approximate surface area is 369 Å². The molecule has 5 nitrogen and oxygen atoms in total. The summed E-state index contributed by atoms with van der Waals surface area (Å²) in [5.41, 5.74) is 15.0. The quantitative estimate of drug-likeness (QED) is 0.118. The van der Waals surface area contributed by atoms with E-state index in [0.717, 1.165) is 88.8 Å². The van der Waals surface area contributed by atoms with Crippen molar-refractivity contribution in [2.24, 2.45) is 0 Å². The molecule has 0 N–H and O–H groups in total. The Hall–Kier alpha value is -6.81. The number of aromatic nitrogens is 4. The molecule has 0 unspecified atom stereocenters. The standard InChI is InChI=1S/C55H40N4O.Pt/c1-55(2,3)47-23-9-7-19-43(47)46-22-14-21-42(39-16-5-4-6-17-39)54(46)58-36-57(49-25-11-12-26-50(49)58)41-18-13-15-37(32-41)31-38-27-28-45-44-20-8-10-24-48(44)59(51(45)33-38)53-34-52-40(35-56-53)29-30-60-52;/h4-30,34-35H,31H2,1-3H3;/q-2;. The summed E-state index contributed by atoms with van der Waals surface area (Å²) in [4.78, 5) is 4.86. The van der Waals surface area contributed by atoms with Crippen molar-refractivity contribution in [3.63, 3.8) is 0 Å². The zero-order valence-corrected chi connectivity index (χ0v) is 36.2. The van der Waals surface area contributed by atoms with Crippen LogP contribution >= 0.6 is 0 Å². The monoisotopic (exact) mass is 967 g/mol. The number of hydrogen-bond acceptors (Lipinski definition) is 2. The normalized spacial score (nSPS) is 11.8. The second-order valence-electron chi connectivity index (χ2n) is 16.5. The zero-order chi connectivity index (χ0) is 40.4. The van der Waals surface area contributed by atoms with Gasteiger partial charge in [0, 0.05) is 44.2 Å². The molecule has 0 bridgehead atoms. The molecular formula is C55H40N4OPt-2. The van der Waals surface area contributed by atoms with Crippen LogP contribution in [0.5, 0.6) is 0 Å². The van der Waals surface area contributed by atoms with E-state index in [2.05, 4.69) is 205 Å². The van der Waals surface area contributed by atoms with Crippen LogP contribution in [0.2, 0.25) is 0 Å². The first kappa shape index (κ1) is 38.4. The number of rotatable bonds is 7. The Morgan fingerprint density at radius 3 is 2.23 bits per heavy atom. The van der Waals surface area contributed by atoms with Gasteiger partial charge >= 0.3 is 0 Å². The molecule has 0 radical (unpaired) electrons. The molecule has 0 atom stereocenters. The fourth-order valence-electron chi connectivity index (χ4n) is 8.81. The van der Waals surface area contributed by atoms with Gasteiger partial charge in [-0.25, -0.2) is 4.98 Å². The molecule has 4 aromatic heterocycles. The van der Waals surface area contributed by atoms with Gasteiger partial charge in [-0.05, 0) is 62.9 Å². The summed E-state index contributed by atoms with van der Waals surface area (Å²) < 4.78 is 12.4. The summed E-state index contributed by atoms with van der Waals surface area (Å²) in [6, 6.07) is 65.5. The summed E-state index contributed by atoms with van der Waals surface area (Å²) in [6.07, 6.45) is 8.07. The van der Waals surface area contributed by atoms with E-state index in [-0.39, 0.29) is 26.5 Å². The van der Waals surface area contributed by atoms with E-state index in [0.29, 0.717) is 6.42 Å². The molecule has 298 valence electrons. The molecule has 0 saturated heterocycles. The molecule has 0 amide bonds. The van der Waals surface area contributed by atoms with Crippen LogP contribution in [0.15, 0.2) is 181 Å². The Morgan fingerprint density at radius 1 is 0.639 bits per heavy atom. The molecule has 4 heterocycles. The second kappa shape index (κ2) is 15.3. The molecule has 61 heavy (non-hydrogen) atoms. The predicted molar refractivity (Wildman–Crippen MR) is 242 cm³/mol. The maximum Gasteiger partial charge on any atom is 0.268 e. The number of para-hydroxylation sites is 4. The van der Waals surface area contributed by atoms with Crippen LogP contribution in [0.3, 0.4) is 0 Å². The Kier molecular flexibility index (Phi) is 9.65. The van der Waals surface area contributed by atoms with Crippen LogP contribution in [-0.2, 0) is 32.9 Å². The van der Waals surface area contributed by atoms with Crippen LogP contribution in [0.25, 0.3) is 83.3 Å². The van der Waals surface area contributed by atoms with Crippen molar-refractivity contribution in [2.75, 3.05) is 0 Å². The Morgan fingerprint density at radius 2 is 1.36 bits per heavy atom. The average Bonchev–Trinajstić information content (AvgIpc) is 4.00. The van der Waals surface area contributed by atoms with Crippen molar-refractivity contribution < 1.29 is 30.0 Å². The van der Waals surface area contributed by atoms with Crippen molar-refractivity contribution in [2.45, 2.75) is 32.6 Å². The van der Waals surface area contributed by atoms with Gasteiger partial charge in [0.2, 0.25) is 0 Å². The van der Waals surface area contributed by atoms with Crippen LogP contribution in [0, 0.1) is 18.5 Å². The van der Waals surface area contributed by atoms with Crippen LogP contribution in [-0.4, -0.2) is 14.1 Å².